The van der Waals surface area contributed by atoms with Gasteiger partial charge in [-0.1, -0.05) is 18.2 Å². The minimum absolute atomic E-state index is 0.114. The van der Waals surface area contributed by atoms with E-state index in [9.17, 15) is 0 Å². The van der Waals surface area contributed by atoms with Crippen LogP contribution >= 0.6 is 0 Å². The number of rotatable bonds is 5. The lowest BCUT2D eigenvalue weighted by Crippen LogP contribution is -2.25. The van der Waals surface area contributed by atoms with Crippen LogP contribution in [0.2, 0.25) is 0 Å². The Morgan fingerprint density at radius 3 is 2.50 bits per heavy atom. The van der Waals surface area contributed by atoms with Crippen molar-refractivity contribution in [3.05, 3.63) is 42.5 Å². The fourth-order valence-corrected chi connectivity index (χ4v) is 1.96. The molecule has 0 aliphatic heterocycles. The lowest BCUT2D eigenvalue weighted by Gasteiger charge is -2.23. The Hall–Kier alpha value is -1.28. The Morgan fingerprint density at radius 2 is 2.06 bits per heavy atom. The maximum Gasteiger partial charge on any atom is 0.0371 e. The fourth-order valence-electron chi connectivity index (χ4n) is 1.96. The van der Waals surface area contributed by atoms with Gasteiger partial charge >= 0.3 is 0 Å². The normalized spacial score (nSPS) is 16.9. The van der Waals surface area contributed by atoms with Gasteiger partial charge in [0.1, 0.15) is 0 Å². The first-order valence-corrected chi connectivity index (χ1v) is 5.95. The van der Waals surface area contributed by atoms with E-state index >= 15 is 0 Å². The van der Waals surface area contributed by atoms with E-state index in [4.69, 9.17) is 5.73 Å². The van der Waals surface area contributed by atoms with Crippen LogP contribution in [0, 0.1) is 0 Å². The number of benzene rings is 1. The van der Waals surface area contributed by atoms with Crippen LogP contribution in [0.5, 0.6) is 0 Å². The Morgan fingerprint density at radius 1 is 1.44 bits per heavy atom. The summed E-state index contributed by atoms with van der Waals surface area (Å²) in [5, 5.41) is 0. The number of anilines is 1. The molecule has 86 valence electrons. The quantitative estimate of drug-likeness (QED) is 0.767. The average Bonchev–Trinajstić information content (AvgIpc) is 3.10. The van der Waals surface area contributed by atoms with Gasteiger partial charge in [0.2, 0.25) is 0 Å². The summed E-state index contributed by atoms with van der Waals surface area (Å²) >= 11 is 0. The van der Waals surface area contributed by atoms with E-state index in [2.05, 4.69) is 35.7 Å². The lowest BCUT2D eigenvalue weighted by atomic mass is 10.1. The van der Waals surface area contributed by atoms with Crippen molar-refractivity contribution >= 4 is 5.69 Å². The molecule has 0 bridgehead atoms. The van der Waals surface area contributed by atoms with E-state index in [0.717, 1.165) is 12.6 Å². The van der Waals surface area contributed by atoms with Gasteiger partial charge in [-0.25, -0.2) is 0 Å². The van der Waals surface area contributed by atoms with E-state index in [1.807, 2.05) is 13.0 Å². The summed E-state index contributed by atoms with van der Waals surface area (Å²) in [5.41, 5.74) is 8.32. The van der Waals surface area contributed by atoms with Gasteiger partial charge in [-0.2, -0.15) is 0 Å². The van der Waals surface area contributed by atoms with Crippen LogP contribution in [0.15, 0.2) is 36.9 Å². The molecule has 1 aliphatic carbocycles. The second-order valence-electron chi connectivity index (χ2n) is 4.55. The van der Waals surface area contributed by atoms with Crippen LogP contribution in [0.25, 0.3) is 0 Å². The third-order valence-electron chi connectivity index (χ3n) is 3.06. The third kappa shape index (κ3) is 2.45. The first kappa shape index (κ1) is 11.2. The molecule has 2 N–H and O–H groups in total. The maximum absolute atomic E-state index is 5.84. The zero-order valence-electron chi connectivity index (χ0n) is 9.89. The Labute approximate surface area is 97.8 Å². The highest BCUT2D eigenvalue weighted by Crippen LogP contribution is 2.31. The van der Waals surface area contributed by atoms with Crippen LogP contribution in [0.4, 0.5) is 5.69 Å². The van der Waals surface area contributed by atoms with Gasteiger partial charge < -0.3 is 10.6 Å². The highest BCUT2D eigenvalue weighted by Gasteiger charge is 2.28. The van der Waals surface area contributed by atoms with Crippen LogP contribution in [0.3, 0.4) is 0 Å². The molecule has 1 saturated carbocycles. The molecule has 0 aromatic heterocycles. The van der Waals surface area contributed by atoms with Gasteiger partial charge in [-0.3, -0.25) is 0 Å². The van der Waals surface area contributed by atoms with E-state index in [1.54, 1.807) is 0 Å². The van der Waals surface area contributed by atoms with E-state index in [-0.39, 0.29) is 6.04 Å². The van der Waals surface area contributed by atoms with Crippen LogP contribution in [-0.2, 0) is 0 Å². The molecule has 0 heterocycles. The second kappa shape index (κ2) is 4.71. The van der Waals surface area contributed by atoms with Crippen molar-refractivity contribution in [1.82, 2.24) is 0 Å². The molecule has 2 heteroatoms. The fraction of sp³-hybridized carbons (Fsp3) is 0.429. The van der Waals surface area contributed by atoms with Crippen LogP contribution in [0.1, 0.15) is 31.4 Å². The minimum atomic E-state index is 0.114. The zero-order chi connectivity index (χ0) is 11.5. The maximum atomic E-state index is 5.84. The minimum Gasteiger partial charge on any atom is -0.365 e. The van der Waals surface area contributed by atoms with Gasteiger partial charge in [0.25, 0.3) is 0 Å². The van der Waals surface area contributed by atoms with Crippen LogP contribution in [-0.4, -0.2) is 12.6 Å². The molecule has 1 aliphatic rings. The van der Waals surface area contributed by atoms with E-state index < -0.39 is 0 Å². The molecule has 1 aromatic rings. The number of nitrogens with zero attached hydrogens (tertiary/aromatic N) is 1. The Bertz CT molecular complexity index is 350. The summed E-state index contributed by atoms with van der Waals surface area (Å²) in [7, 11) is 0. The van der Waals surface area contributed by atoms with Crippen molar-refractivity contribution < 1.29 is 0 Å². The van der Waals surface area contributed by atoms with Crippen molar-refractivity contribution in [2.24, 2.45) is 5.73 Å². The molecule has 2 rings (SSSR count). The summed E-state index contributed by atoms with van der Waals surface area (Å²) in [6, 6.07) is 9.42. The topological polar surface area (TPSA) is 29.3 Å². The standard InChI is InChI=1S/C14H20N2/c1-3-10-16(14-8-9-14)13-6-4-12(5-7-13)11(2)15/h3-7,11,14H,1,8-10,15H2,2H3/t11-/m0/s1. The van der Waals surface area contributed by atoms with Gasteiger partial charge in [0, 0.05) is 24.3 Å². The molecular weight excluding hydrogens is 196 g/mol. The highest BCUT2D eigenvalue weighted by atomic mass is 15.2. The van der Waals surface area contributed by atoms with Crippen molar-refractivity contribution in [3.8, 4) is 0 Å². The average molecular weight is 216 g/mol. The Balaban J connectivity index is 2.14. The molecule has 1 fully saturated rings. The summed E-state index contributed by atoms with van der Waals surface area (Å²) in [4.78, 5) is 2.41. The first-order chi connectivity index (χ1) is 7.72. The molecule has 0 saturated heterocycles. The van der Waals surface area contributed by atoms with E-state index in [0.29, 0.717) is 0 Å². The van der Waals surface area contributed by atoms with E-state index in [1.165, 1.54) is 24.1 Å². The predicted molar refractivity (Wildman–Crippen MR) is 69.6 cm³/mol. The molecule has 16 heavy (non-hydrogen) atoms. The SMILES string of the molecule is C=CCN(c1ccc([C@H](C)N)cc1)C1CC1. The summed E-state index contributed by atoms with van der Waals surface area (Å²) in [6.45, 7) is 6.76. The smallest absolute Gasteiger partial charge is 0.0371 e. The van der Waals surface area contributed by atoms with Crippen molar-refractivity contribution in [1.29, 1.82) is 0 Å². The number of nitrogens with two attached hydrogens (primary N) is 1. The monoisotopic (exact) mass is 216 g/mol. The van der Waals surface area contributed by atoms with Crippen molar-refractivity contribution in [2.45, 2.75) is 31.8 Å². The molecule has 1 aromatic carbocycles. The highest BCUT2D eigenvalue weighted by molar-refractivity contribution is 5.50. The largest absolute Gasteiger partial charge is 0.365 e. The third-order valence-corrected chi connectivity index (χ3v) is 3.06. The van der Waals surface area contributed by atoms with Crippen molar-refractivity contribution in [2.75, 3.05) is 11.4 Å². The second-order valence-corrected chi connectivity index (χ2v) is 4.55. The summed E-state index contributed by atoms with van der Waals surface area (Å²) in [5.74, 6) is 0. The van der Waals surface area contributed by atoms with Gasteiger partial charge in [0.05, 0.1) is 0 Å². The molecular formula is C14H20N2. The first-order valence-electron chi connectivity index (χ1n) is 5.95. The summed E-state index contributed by atoms with van der Waals surface area (Å²) in [6.07, 6.45) is 4.59. The zero-order valence-corrected chi connectivity index (χ0v) is 9.89. The Kier molecular flexibility index (Phi) is 3.30. The molecule has 1 atom stereocenters. The van der Waals surface area contributed by atoms with Crippen LogP contribution < -0.4 is 10.6 Å². The molecule has 0 radical (unpaired) electrons. The number of hydrogen-bond donors (Lipinski definition) is 1. The molecule has 0 unspecified atom stereocenters. The molecule has 0 amide bonds. The molecule has 2 nitrogen and oxygen atoms in total. The summed E-state index contributed by atoms with van der Waals surface area (Å²) < 4.78 is 0. The van der Waals surface area contributed by atoms with Gasteiger partial charge in [-0.15, -0.1) is 6.58 Å². The van der Waals surface area contributed by atoms with Gasteiger partial charge in [0.15, 0.2) is 0 Å². The number of hydrogen-bond acceptors (Lipinski definition) is 2. The van der Waals surface area contributed by atoms with Crippen molar-refractivity contribution in [3.63, 3.8) is 0 Å². The lowest BCUT2D eigenvalue weighted by molar-refractivity contribution is 0.815. The van der Waals surface area contributed by atoms with Gasteiger partial charge in [-0.05, 0) is 37.5 Å². The molecule has 0 spiro atoms. The predicted octanol–water partition coefficient (Wildman–Crippen LogP) is 2.86.